The van der Waals surface area contributed by atoms with Gasteiger partial charge in [0.1, 0.15) is 5.75 Å². The van der Waals surface area contributed by atoms with Gasteiger partial charge in [0.2, 0.25) is 0 Å². The van der Waals surface area contributed by atoms with Gasteiger partial charge >= 0.3 is 0 Å². The number of aliphatic hydroxyl groups is 1. The highest BCUT2D eigenvalue weighted by Crippen LogP contribution is 2.37. The summed E-state index contributed by atoms with van der Waals surface area (Å²) < 4.78 is 5.39. The zero-order chi connectivity index (χ0) is 13.8. The second kappa shape index (κ2) is 6.29. The third kappa shape index (κ3) is 3.03. The van der Waals surface area contributed by atoms with E-state index >= 15 is 0 Å². The average molecular weight is 263 g/mol. The number of aliphatic hydroxyl groups excluding tert-OH is 1. The van der Waals surface area contributed by atoms with Crippen molar-refractivity contribution in [2.75, 3.05) is 25.1 Å². The molecule has 1 aromatic rings. The van der Waals surface area contributed by atoms with Crippen LogP contribution in [0.3, 0.4) is 0 Å². The van der Waals surface area contributed by atoms with Gasteiger partial charge in [0.05, 0.1) is 13.2 Å². The summed E-state index contributed by atoms with van der Waals surface area (Å²) in [4.78, 5) is 2.39. The van der Waals surface area contributed by atoms with Gasteiger partial charge in [-0.25, -0.2) is 0 Å². The molecule has 1 heterocycles. The van der Waals surface area contributed by atoms with Crippen molar-refractivity contribution >= 4 is 5.69 Å². The Morgan fingerprint density at radius 2 is 2.26 bits per heavy atom. The predicted molar refractivity (Wildman–Crippen MR) is 78.9 cm³/mol. The fourth-order valence-electron chi connectivity index (χ4n) is 3.10. The van der Waals surface area contributed by atoms with Gasteiger partial charge in [-0.05, 0) is 37.8 Å². The maximum Gasteiger partial charge on any atom is 0.126 e. The third-order valence-electron chi connectivity index (χ3n) is 4.00. The second-order valence-electron chi connectivity index (χ2n) is 5.46. The molecule has 0 aromatic heterocycles. The van der Waals surface area contributed by atoms with E-state index in [0.29, 0.717) is 0 Å². The van der Waals surface area contributed by atoms with Crippen molar-refractivity contribution in [1.29, 1.82) is 0 Å². The molecule has 106 valence electrons. The molecule has 0 aliphatic carbocycles. The molecule has 3 nitrogen and oxygen atoms in total. The summed E-state index contributed by atoms with van der Waals surface area (Å²) in [5, 5.41) is 10.0. The van der Waals surface area contributed by atoms with Gasteiger partial charge in [-0.1, -0.05) is 19.4 Å². The van der Waals surface area contributed by atoms with Crippen LogP contribution in [-0.2, 0) is 0 Å². The second-order valence-corrected chi connectivity index (χ2v) is 5.46. The number of benzene rings is 1. The van der Waals surface area contributed by atoms with E-state index in [0.717, 1.165) is 36.0 Å². The van der Waals surface area contributed by atoms with E-state index in [1.807, 2.05) is 12.1 Å². The number of hydrogen-bond donors (Lipinski definition) is 1. The Bertz CT molecular complexity index is 417. The molecular formula is C16H25NO2. The van der Waals surface area contributed by atoms with Crippen LogP contribution in [0, 0.1) is 5.92 Å². The van der Waals surface area contributed by atoms with Crippen LogP contribution in [0.25, 0.3) is 0 Å². The van der Waals surface area contributed by atoms with Gasteiger partial charge in [0.25, 0.3) is 0 Å². The zero-order valence-corrected chi connectivity index (χ0v) is 12.2. The normalized spacial score (nSPS) is 20.6. The van der Waals surface area contributed by atoms with E-state index < -0.39 is 6.10 Å². The third-order valence-corrected chi connectivity index (χ3v) is 4.00. The highest BCUT2D eigenvalue weighted by Gasteiger charge is 2.25. The van der Waals surface area contributed by atoms with Crippen LogP contribution in [0.2, 0.25) is 0 Å². The molecule has 0 bridgehead atoms. The van der Waals surface area contributed by atoms with Gasteiger partial charge in [-0.3, -0.25) is 0 Å². The molecule has 0 spiro atoms. The molecule has 1 saturated heterocycles. The quantitative estimate of drug-likeness (QED) is 0.884. The van der Waals surface area contributed by atoms with Gasteiger partial charge in [0.15, 0.2) is 0 Å². The molecule has 1 fully saturated rings. The van der Waals surface area contributed by atoms with Crippen molar-refractivity contribution in [3.8, 4) is 5.75 Å². The SMILES string of the molecule is CCCC1CCN(c2cccc(OC)c2[C@H](C)O)C1. The van der Waals surface area contributed by atoms with Crippen molar-refractivity contribution in [3.63, 3.8) is 0 Å². The Morgan fingerprint density at radius 1 is 1.47 bits per heavy atom. The van der Waals surface area contributed by atoms with Crippen LogP contribution in [0.15, 0.2) is 18.2 Å². The first-order valence-corrected chi connectivity index (χ1v) is 7.27. The van der Waals surface area contributed by atoms with Crippen LogP contribution in [0.5, 0.6) is 5.75 Å². The van der Waals surface area contributed by atoms with E-state index in [4.69, 9.17) is 4.74 Å². The summed E-state index contributed by atoms with van der Waals surface area (Å²) in [6, 6.07) is 6.03. The predicted octanol–water partition coefficient (Wildman–Crippen LogP) is 3.37. The standard InChI is InChI=1S/C16H25NO2/c1-4-6-13-9-10-17(11-13)14-7-5-8-15(19-3)16(14)12(2)18/h5,7-8,12-13,18H,4,6,9-11H2,1-3H3/t12-,13?/m0/s1. The summed E-state index contributed by atoms with van der Waals surface area (Å²) in [5.41, 5.74) is 2.05. The number of nitrogens with zero attached hydrogens (tertiary/aromatic N) is 1. The van der Waals surface area contributed by atoms with Crippen LogP contribution < -0.4 is 9.64 Å². The van der Waals surface area contributed by atoms with Crippen LogP contribution in [0.1, 0.15) is 44.8 Å². The molecule has 1 aromatic carbocycles. The summed E-state index contributed by atoms with van der Waals surface area (Å²) in [6.45, 7) is 6.23. The summed E-state index contributed by atoms with van der Waals surface area (Å²) in [5.74, 6) is 1.57. The number of rotatable bonds is 5. The van der Waals surface area contributed by atoms with Crippen molar-refractivity contribution in [2.24, 2.45) is 5.92 Å². The molecule has 1 N–H and O–H groups in total. The van der Waals surface area contributed by atoms with E-state index in [2.05, 4.69) is 17.9 Å². The molecule has 3 heteroatoms. The van der Waals surface area contributed by atoms with E-state index in [1.54, 1.807) is 14.0 Å². The highest BCUT2D eigenvalue weighted by molar-refractivity contribution is 5.61. The largest absolute Gasteiger partial charge is 0.496 e. The van der Waals surface area contributed by atoms with E-state index in [-0.39, 0.29) is 0 Å². The maximum atomic E-state index is 10.0. The minimum absolute atomic E-state index is 0.503. The minimum Gasteiger partial charge on any atom is -0.496 e. The summed E-state index contributed by atoms with van der Waals surface area (Å²) in [6.07, 6.45) is 3.30. The van der Waals surface area contributed by atoms with Gasteiger partial charge in [-0.2, -0.15) is 0 Å². The van der Waals surface area contributed by atoms with Crippen LogP contribution in [0.4, 0.5) is 5.69 Å². The lowest BCUT2D eigenvalue weighted by molar-refractivity contribution is 0.194. The summed E-state index contributed by atoms with van der Waals surface area (Å²) in [7, 11) is 1.66. The van der Waals surface area contributed by atoms with E-state index in [1.165, 1.54) is 19.3 Å². The monoisotopic (exact) mass is 263 g/mol. The molecule has 0 saturated carbocycles. The van der Waals surface area contributed by atoms with Crippen molar-refractivity contribution in [2.45, 2.75) is 39.2 Å². The fraction of sp³-hybridized carbons (Fsp3) is 0.625. The van der Waals surface area contributed by atoms with Crippen LogP contribution in [-0.4, -0.2) is 25.3 Å². The Kier molecular flexibility index (Phi) is 4.70. The first kappa shape index (κ1) is 14.2. The number of ether oxygens (including phenoxy) is 1. The molecule has 1 aliphatic rings. The molecule has 2 atom stereocenters. The topological polar surface area (TPSA) is 32.7 Å². The smallest absolute Gasteiger partial charge is 0.126 e. The molecule has 1 unspecified atom stereocenters. The van der Waals surface area contributed by atoms with Crippen molar-refractivity contribution < 1.29 is 9.84 Å². The molecule has 2 rings (SSSR count). The molecule has 1 aliphatic heterocycles. The first-order chi connectivity index (χ1) is 9.17. The summed E-state index contributed by atoms with van der Waals surface area (Å²) >= 11 is 0. The molecular weight excluding hydrogens is 238 g/mol. The Hall–Kier alpha value is -1.22. The lowest BCUT2D eigenvalue weighted by Crippen LogP contribution is -2.21. The van der Waals surface area contributed by atoms with E-state index in [9.17, 15) is 5.11 Å². The Balaban J connectivity index is 2.25. The maximum absolute atomic E-state index is 10.0. The molecule has 0 radical (unpaired) electrons. The average Bonchev–Trinajstić information content (AvgIpc) is 2.86. The first-order valence-electron chi connectivity index (χ1n) is 7.27. The molecule has 0 amide bonds. The lowest BCUT2D eigenvalue weighted by atomic mass is 10.0. The number of methoxy groups -OCH3 is 1. The lowest BCUT2D eigenvalue weighted by Gasteiger charge is -2.25. The van der Waals surface area contributed by atoms with Gasteiger partial charge in [-0.15, -0.1) is 0 Å². The van der Waals surface area contributed by atoms with Crippen molar-refractivity contribution in [3.05, 3.63) is 23.8 Å². The molecule has 19 heavy (non-hydrogen) atoms. The number of hydrogen-bond acceptors (Lipinski definition) is 3. The van der Waals surface area contributed by atoms with Crippen LogP contribution >= 0.6 is 0 Å². The number of anilines is 1. The highest BCUT2D eigenvalue weighted by atomic mass is 16.5. The minimum atomic E-state index is -0.503. The Morgan fingerprint density at radius 3 is 2.89 bits per heavy atom. The van der Waals surface area contributed by atoms with Gasteiger partial charge in [0, 0.05) is 24.3 Å². The van der Waals surface area contributed by atoms with Gasteiger partial charge < -0.3 is 14.7 Å². The van der Waals surface area contributed by atoms with Crippen molar-refractivity contribution in [1.82, 2.24) is 0 Å². The fourth-order valence-corrected chi connectivity index (χ4v) is 3.10. The zero-order valence-electron chi connectivity index (χ0n) is 12.2. The Labute approximate surface area is 116 Å².